The van der Waals surface area contributed by atoms with E-state index in [0.29, 0.717) is 26.2 Å². The molecule has 0 bridgehead atoms. The molecule has 0 N–H and O–H groups in total. The topological polar surface area (TPSA) is 66.9 Å². The van der Waals surface area contributed by atoms with Crippen molar-refractivity contribution in [3.63, 3.8) is 0 Å². The van der Waals surface area contributed by atoms with Gasteiger partial charge in [-0.3, -0.25) is 9.78 Å². The number of ether oxygens (including phenoxy) is 4. The van der Waals surface area contributed by atoms with Crippen molar-refractivity contribution < 1.29 is 23.7 Å². The molecular formula is C20H29NO5. The molecule has 3 atom stereocenters. The molecular weight excluding hydrogens is 334 g/mol. The first-order valence-electron chi connectivity index (χ1n) is 9.15. The first kappa shape index (κ1) is 20.6. The molecule has 6 nitrogen and oxygen atoms in total. The highest BCUT2D eigenvalue weighted by Gasteiger charge is 2.29. The SMILES string of the molecule is COC(=O)CCC/C=C\C[C@H]1CO[C@@H](C)O[C@H]1COCc1ccccn1. The minimum atomic E-state index is -0.210. The van der Waals surface area contributed by atoms with E-state index in [9.17, 15) is 4.79 Å². The van der Waals surface area contributed by atoms with Gasteiger partial charge < -0.3 is 18.9 Å². The van der Waals surface area contributed by atoms with Crippen LogP contribution >= 0.6 is 0 Å². The molecule has 144 valence electrons. The van der Waals surface area contributed by atoms with Gasteiger partial charge in [0.2, 0.25) is 0 Å². The summed E-state index contributed by atoms with van der Waals surface area (Å²) in [6, 6.07) is 5.79. The van der Waals surface area contributed by atoms with Gasteiger partial charge in [0, 0.05) is 18.5 Å². The van der Waals surface area contributed by atoms with Crippen LogP contribution in [0.3, 0.4) is 0 Å². The van der Waals surface area contributed by atoms with Crippen LogP contribution in [0.4, 0.5) is 0 Å². The predicted octanol–water partition coefficient (Wildman–Crippen LogP) is 3.27. The number of rotatable bonds is 10. The van der Waals surface area contributed by atoms with Gasteiger partial charge in [-0.25, -0.2) is 0 Å². The number of aromatic nitrogens is 1. The number of unbranched alkanes of at least 4 members (excludes halogenated alkanes) is 1. The van der Waals surface area contributed by atoms with Crippen LogP contribution in [0, 0.1) is 5.92 Å². The highest BCUT2D eigenvalue weighted by Crippen LogP contribution is 2.23. The zero-order chi connectivity index (χ0) is 18.6. The fraction of sp³-hybridized carbons (Fsp3) is 0.600. The van der Waals surface area contributed by atoms with Gasteiger partial charge in [0.15, 0.2) is 6.29 Å². The van der Waals surface area contributed by atoms with E-state index in [-0.39, 0.29) is 24.3 Å². The molecule has 1 aromatic heterocycles. The number of hydrogen-bond acceptors (Lipinski definition) is 6. The molecule has 0 saturated carbocycles. The molecule has 0 aliphatic carbocycles. The van der Waals surface area contributed by atoms with Crippen molar-refractivity contribution in [3.8, 4) is 0 Å². The van der Waals surface area contributed by atoms with Crippen molar-refractivity contribution in [2.24, 2.45) is 5.92 Å². The summed E-state index contributed by atoms with van der Waals surface area (Å²) in [5.74, 6) is 0.0957. The third kappa shape index (κ3) is 7.64. The first-order valence-corrected chi connectivity index (χ1v) is 9.15. The van der Waals surface area contributed by atoms with E-state index in [0.717, 1.165) is 25.0 Å². The lowest BCUT2D eigenvalue weighted by atomic mass is 9.98. The van der Waals surface area contributed by atoms with Crippen LogP contribution < -0.4 is 0 Å². The Bertz CT molecular complexity index is 548. The van der Waals surface area contributed by atoms with Gasteiger partial charge in [-0.15, -0.1) is 0 Å². The number of carbonyl (C=O) groups excluding carboxylic acids is 1. The second-order valence-corrected chi connectivity index (χ2v) is 6.35. The van der Waals surface area contributed by atoms with Gasteiger partial charge >= 0.3 is 5.97 Å². The zero-order valence-electron chi connectivity index (χ0n) is 15.6. The number of allylic oxidation sites excluding steroid dienone is 2. The minimum absolute atomic E-state index is 0.00202. The standard InChI is InChI=1S/C20H29NO5/c1-16-25-13-17(9-5-3-4-6-11-20(22)23-2)19(26-16)15-24-14-18-10-7-8-12-21-18/h3,5,7-8,10,12,16-17,19H,4,6,9,11,13-15H2,1-2H3/b5-3-/t16-,17+,19+/m1/s1. The molecule has 1 fully saturated rings. The Labute approximate surface area is 155 Å². The number of hydrogen-bond donors (Lipinski definition) is 0. The summed E-state index contributed by atoms with van der Waals surface area (Å²) in [6.07, 6.45) is 8.78. The van der Waals surface area contributed by atoms with Crippen LogP contribution in [-0.4, -0.2) is 43.7 Å². The van der Waals surface area contributed by atoms with Crippen molar-refractivity contribution >= 4 is 5.97 Å². The molecule has 2 rings (SSSR count). The molecule has 6 heteroatoms. The average molecular weight is 363 g/mol. The third-order valence-corrected chi connectivity index (χ3v) is 4.28. The molecule has 26 heavy (non-hydrogen) atoms. The molecule has 2 heterocycles. The molecule has 0 amide bonds. The van der Waals surface area contributed by atoms with Crippen LogP contribution in [0.15, 0.2) is 36.5 Å². The van der Waals surface area contributed by atoms with Crippen LogP contribution in [0.25, 0.3) is 0 Å². The van der Waals surface area contributed by atoms with Gasteiger partial charge in [0.1, 0.15) is 0 Å². The van der Waals surface area contributed by atoms with Crippen molar-refractivity contribution in [1.29, 1.82) is 0 Å². The second kappa shape index (κ2) is 11.8. The lowest BCUT2D eigenvalue weighted by Crippen LogP contribution is -2.41. The Morgan fingerprint density at radius 2 is 2.27 bits per heavy atom. The molecule has 0 unspecified atom stereocenters. The van der Waals surface area contributed by atoms with E-state index in [1.165, 1.54) is 7.11 Å². The van der Waals surface area contributed by atoms with Crippen molar-refractivity contribution in [1.82, 2.24) is 4.98 Å². The molecule has 1 aliphatic heterocycles. The van der Waals surface area contributed by atoms with E-state index in [2.05, 4.69) is 21.9 Å². The number of nitrogens with zero attached hydrogens (tertiary/aromatic N) is 1. The summed E-state index contributed by atoms with van der Waals surface area (Å²) < 4.78 is 22.0. The van der Waals surface area contributed by atoms with Gasteiger partial charge in [-0.2, -0.15) is 0 Å². The monoisotopic (exact) mass is 363 g/mol. The first-order chi connectivity index (χ1) is 12.7. The number of esters is 1. The van der Waals surface area contributed by atoms with Gasteiger partial charge in [-0.05, 0) is 38.3 Å². The van der Waals surface area contributed by atoms with Crippen LogP contribution in [0.2, 0.25) is 0 Å². The van der Waals surface area contributed by atoms with Crippen molar-refractivity contribution in [2.45, 2.75) is 51.6 Å². The normalized spacial score (nSPS) is 23.2. The summed E-state index contributed by atoms with van der Waals surface area (Å²) in [6.45, 7) is 3.56. The maximum atomic E-state index is 11.1. The predicted molar refractivity (Wildman–Crippen MR) is 97.3 cm³/mol. The highest BCUT2D eigenvalue weighted by molar-refractivity contribution is 5.69. The Hall–Kier alpha value is -1.76. The van der Waals surface area contributed by atoms with E-state index < -0.39 is 0 Å². The Morgan fingerprint density at radius 3 is 3.04 bits per heavy atom. The van der Waals surface area contributed by atoms with Crippen molar-refractivity contribution in [2.75, 3.05) is 20.3 Å². The summed E-state index contributed by atoms with van der Waals surface area (Å²) in [5, 5.41) is 0. The van der Waals surface area contributed by atoms with E-state index in [4.69, 9.17) is 14.2 Å². The lowest BCUT2D eigenvalue weighted by molar-refractivity contribution is -0.238. The Morgan fingerprint density at radius 1 is 1.38 bits per heavy atom. The van der Waals surface area contributed by atoms with Gasteiger partial charge in [0.25, 0.3) is 0 Å². The summed E-state index contributed by atoms with van der Waals surface area (Å²) in [4.78, 5) is 15.3. The minimum Gasteiger partial charge on any atom is -0.469 e. The lowest BCUT2D eigenvalue weighted by Gasteiger charge is -2.34. The number of carbonyl (C=O) groups is 1. The zero-order valence-corrected chi connectivity index (χ0v) is 15.6. The maximum Gasteiger partial charge on any atom is 0.305 e. The van der Waals surface area contributed by atoms with Crippen molar-refractivity contribution in [3.05, 3.63) is 42.2 Å². The van der Waals surface area contributed by atoms with E-state index in [1.54, 1.807) is 6.20 Å². The molecule has 0 radical (unpaired) electrons. The Balaban J connectivity index is 1.71. The fourth-order valence-electron chi connectivity index (χ4n) is 2.78. The quantitative estimate of drug-likeness (QED) is 0.361. The highest BCUT2D eigenvalue weighted by atomic mass is 16.7. The Kier molecular flexibility index (Phi) is 9.31. The maximum absolute atomic E-state index is 11.1. The van der Waals surface area contributed by atoms with E-state index >= 15 is 0 Å². The van der Waals surface area contributed by atoms with Gasteiger partial charge in [0.05, 0.1) is 38.7 Å². The van der Waals surface area contributed by atoms with Crippen LogP contribution in [0.1, 0.15) is 38.3 Å². The van der Waals surface area contributed by atoms with Crippen LogP contribution in [-0.2, 0) is 30.3 Å². The molecule has 1 saturated heterocycles. The summed E-state index contributed by atoms with van der Waals surface area (Å²) in [5.41, 5.74) is 0.912. The molecule has 0 spiro atoms. The largest absolute Gasteiger partial charge is 0.469 e. The van der Waals surface area contributed by atoms with Crippen LogP contribution in [0.5, 0.6) is 0 Å². The number of pyridine rings is 1. The smallest absolute Gasteiger partial charge is 0.305 e. The summed E-state index contributed by atoms with van der Waals surface area (Å²) >= 11 is 0. The third-order valence-electron chi connectivity index (χ3n) is 4.28. The molecule has 0 aromatic carbocycles. The molecule has 1 aliphatic rings. The second-order valence-electron chi connectivity index (χ2n) is 6.35. The fourth-order valence-corrected chi connectivity index (χ4v) is 2.78. The van der Waals surface area contributed by atoms with E-state index in [1.807, 2.05) is 25.1 Å². The van der Waals surface area contributed by atoms with Gasteiger partial charge in [-0.1, -0.05) is 18.2 Å². The summed E-state index contributed by atoms with van der Waals surface area (Å²) in [7, 11) is 1.41. The number of methoxy groups -OCH3 is 1. The molecule has 1 aromatic rings. The average Bonchev–Trinajstić information content (AvgIpc) is 2.66.